The molecule has 3 amide bonds. The number of carbonyl (C=O) groups excluding carboxylic acids is 2. The fourth-order valence-electron chi connectivity index (χ4n) is 1.48. The van der Waals surface area contributed by atoms with Crippen LogP contribution in [-0.4, -0.2) is 32.4 Å². The average Bonchev–Trinajstić information content (AvgIpc) is 2.81. The lowest BCUT2D eigenvalue weighted by Gasteiger charge is -2.11. The standard InChI is InChI=1S/C11H15N3O2SSi/c1-18(2,3)8-5-4-7(17-8)6-12-9-10(15)14-11(16)13-9/h4-6,9H,1-3H3,(H2,13,14,15,16)/b12-6+. The first kappa shape index (κ1) is 13.0. The Morgan fingerprint density at radius 1 is 1.33 bits per heavy atom. The van der Waals surface area contributed by atoms with E-state index in [0.29, 0.717) is 0 Å². The Morgan fingerprint density at radius 2 is 2.06 bits per heavy atom. The molecule has 0 radical (unpaired) electrons. The molecule has 0 saturated carbocycles. The number of nitrogens with one attached hydrogen (secondary N) is 2. The third-order valence-electron chi connectivity index (χ3n) is 2.47. The summed E-state index contributed by atoms with van der Waals surface area (Å²) in [5.74, 6) is -0.404. The van der Waals surface area contributed by atoms with E-state index in [2.05, 4.69) is 41.3 Å². The number of thiophene rings is 1. The van der Waals surface area contributed by atoms with Gasteiger partial charge in [-0.2, -0.15) is 0 Å². The predicted molar refractivity (Wildman–Crippen MR) is 75.4 cm³/mol. The quantitative estimate of drug-likeness (QED) is 0.490. The van der Waals surface area contributed by atoms with Gasteiger partial charge in [-0.1, -0.05) is 25.7 Å². The smallest absolute Gasteiger partial charge is 0.308 e. The third-order valence-corrected chi connectivity index (χ3v) is 7.09. The van der Waals surface area contributed by atoms with Crippen molar-refractivity contribution in [1.29, 1.82) is 0 Å². The normalized spacial score (nSPS) is 20.3. The van der Waals surface area contributed by atoms with E-state index >= 15 is 0 Å². The monoisotopic (exact) mass is 281 g/mol. The second kappa shape index (κ2) is 4.66. The predicted octanol–water partition coefficient (Wildman–Crippen LogP) is 0.878. The first-order valence-corrected chi connectivity index (χ1v) is 9.93. The van der Waals surface area contributed by atoms with Crippen LogP contribution >= 0.6 is 11.3 Å². The largest absolute Gasteiger partial charge is 0.323 e. The van der Waals surface area contributed by atoms with Crippen LogP contribution in [0.1, 0.15) is 4.88 Å². The Balaban J connectivity index is 2.08. The number of aliphatic imine (C=N–C) groups is 1. The molecule has 96 valence electrons. The van der Waals surface area contributed by atoms with E-state index in [9.17, 15) is 9.59 Å². The lowest BCUT2D eigenvalue weighted by molar-refractivity contribution is -0.119. The Kier molecular flexibility index (Phi) is 3.36. The molecule has 2 N–H and O–H groups in total. The molecular weight excluding hydrogens is 266 g/mol. The van der Waals surface area contributed by atoms with E-state index < -0.39 is 26.2 Å². The molecule has 0 aromatic carbocycles. The molecule has 2 rings (SSSR count). The number of urea groups is 1. The van der Waals surface area contributed by atoms with E-state index in [4.69, 9.17) is 0 Å². The molecule has 5 nitrogen and oxygen atoms in total. The van der Waals surface area contributed by atoms with Gasteiger partial charge in [0.25, 0.3) is 5.91 Å². The van der Waals surface area contributed by atoms with Gasteiger partial charge in [0.1, 0.15) is 0 Å². The molecule has 18 heavy (non-hydrogen) atoms. The number of carbonyl (C=O) groups is 2. The van der Waals surface area contributed by atoms with Gasteiger partial charge in [-0.05, 0) is 10.6 Å². The molecule has 1 saturated heterocycles. The summed E-state index contributed by atoms with van der Waals surface area (Å²) in [6, 6.07) is 3.62. The van der Waals surface area contributed by atoms with Crippen LogP contribution in [0.5, 0.6) is 0 Å². The number of hydrogen-bond acceptors (Lipinski definition) is 4. The topological polar surface area (TPSA) is 70.6 Å². The highest BCUT2D eigenvalue weighted by Gasteiger charge is 2.28. The second-order valence-electron chi connectivity index (χ2n) is 5.10. The van der Waals surface area contributed by atoms with E-state index in [1.165, 1.54) is 4.50 Å². The van der Waals surface area contributed by atoms with Gasteiger partial charge < -0.3 is 5.32 Å². The summed E-state index contributed by atoms with van der Waals surface area (Å²) in [6.45, 7) is 6.85. The van der Waals surface area contributed by atoms with Crippen LogP contribution in [0, 0.1) is 0 Å². The highest BCUT2D eigenvalue weighted by Crippen LogP contribution is 2.11. The number of amides is 3. The van der Waals surface area contributed by atoms with Gasteiger partial charge in [0.05, 0.1) is 8.07 Å². The van der Waals surface area contributed by atoms with Gasteiger partial charge in [-0.25, -0.2) is 4.79 Å². The molecule has 0 bridgehead atoms. The zero-order valence-electron chi connectivity index (χ0n) is 10.5. The highest BCUT2D eigenvalue weighted by atomic mass is 32.1. The SMILES string of the molecule is C[Si](C)(C)c1ccc(/C=N/C2NC(=O)NC2=O)s1. The Labute approximate surface area is 110 Å². The zero-order chi connectivity index (χ0) is 13.3. The van der Waals surface area contributed by atoms with Crippen LogP contribution in [0.25, 0.3) is 0 Å². The molecule has 0 spiro atoms. The molecular formula is C11H15N3O2SSi. The number of hydrogen-bond donors (Lipinski definition) is 2. The Morgan fingerprint density at radius 3 is 2.56 bits per heavy atom. The van der Waals surface area contributed by atoms with Crippen molar-refractivity contribution in [1.82, 2.24) is 10.6 Å². The van der Waals surface area contributed by atoms with Crippen LogP contribution in [-0.2, 0) is 4.79 Å². The van der Waals surface area contributed by atoms with Gasteiger partial charge in [0.2, 0.25) is 6.17 Å². The molecule has 1 fully saturated rings. The minimum atomic E-state index is -1.29. The Hall–Kier alpha value is -1.47. The summed E-state index contributed by atoms with van der Waals surface area (Å²) in [5.41, 5.74) is 0. The minimum Gasteiger partial charge on any atom is -0.308 e. The lowest BCUT2D eigenvalue weighted by atomic mass is 10.5. The van der Waals surface area contributed by atoms with Crippen LogP contribution in [0.15, 0.2) is 17.1 Å². The van der Waals surface area contributed by atoms with Gasteiger partial charge in [0.15, 0.2) is 0 Å². The molecule has 7 heteroatoms. The van der Waals surface area contributed by atoms with Crippen LogP contribution in [0.2, 0.25) is 19.6 Å². The van der Waals surface area contributed by atoms with Crippen molar-refractivity contribution in [3.63, 3.8) is 0 Å². The lowest BCUT2D eigenvalue weighted by Crippen LogP contribution is -2.34. The molecule has 1 aromatic rings. The summed E-state index contributed by atoms with van der Waals surface area (Å²) in [5, 5.41) is 4.57. The minimum absolute atomic E-state index is 0.404. The zero-order valence-corrected chi connectivity index (χ0v) is 12.3. The van der Waals surface area contributed by atoms with Crippen LogP contribution < -0.4 is 15.1 Å². The van der Waals surface area contributed by atoms with E-state index in [0.717, 1.165) is 4.88 Å². The van der Waals surface area contributed by atoms with E-state index in [1.807, 2.05) is 6.07 Å². The summed E-state index contributed by atoms with van der Waals surface area (Å²) in [7, 11) is -1.29. The van der Waals surface area contributed by atoms with Gasteiger partial charge in [-0.3, -0.25) is 15.1 Å². The second-order valence-corrected chi connectivity index (χ2v) is 11.6. The average molecular weight is 281 g/mol. The first-order valence-electron chi connectivity index (χ1n) is 5.61. The van der Waals surface area contributed by atoms with Crippen molar-refractivity contribution in [2.75, 3.05) is 0 Å². The van der Waals surface area contributed by atoms with Crippen molar-refractivity contribution in [3.8, 4) is 0 Å². The van der Waals surface area contributed by atoms with Crippen molar-refractivity contribution in [2.45, 2.75) is 25.8 Å². The maximum Gasteiger partial charge on any atom is 0.323 e. The summed E-state index contributed by atoms with van der Waals surface area (Å²) in [4.78, 5) is 27.3. The van der Waals surface area contributed by atoms with Crippen molar-refractivity contribution in [3.05, 3.63) is 17.0 Å². The maximum atomic E-state index is 11.3. The molecule has 1 atom stereocenters. The molecule has 2 heterocycles. The van der Waals surface area contributed by atoms with E-state index in [-0.39, 0.29) is 0 Å². The van der Waals surface area contributed by atoms with Crippen LogP contribution in [0.3, 0.4) is 0 Å². The highest BCUT2D eigenvalue weighted by molar-refractivity contribution is 7.27. The number of imide groups is 1. The molecule has 1 aliphatic heterocycles. The fourth-order valence-corrected chi connectivity index (χ4v) is 4.29. The Bertz CT molecular complexity index is 519. The fraction of sp³-hybridized carbons (Fsp3) is 0.364. The van der Waals surface area contributed by atoms with Crippen molar-refractivity contribution in [2.24, 2.45) is 4.99 Å². The molecule has 1 unspecified atom stereocenters. The summed E-state index contributed by atoms with van der Waals surface area (Å²) >= 11 is 1.69. The number of rotatable bonds is 3. The van der Waals surface area contributed by atoms with E-state index in [1.54, 1.807) is 17.6 Å². The van der Waals surface area contributed by atoms with Gasteiger partial charge in [0, 0.05) is 11.1 Å². The summed E-state index contributed by atoms with van der Waals surface area (Å²) in [6.07, 6.45) is 0.847. The first-order chi connectivity index (χ1) is 8.36. The van der Waals surface area contributed by atoms with Crippen molar-refractivity contribution < 1.29 is 9.59 Å². The molecule has 1 aromatic heterocycles. The maximum absolute atomic E-state index is 11.3. The summed E-state index contributed by atoms with van der Waals surface area (Å²) < 4.78 is 1.39. The third kappa shape index (κ3) is 2.85. The van der Waals surface area contributed by atoms with Gasteiger partial charge in [-0.15, -0.1) is 11.3 Å². The van der Waals surface area contributed by atoms with Crippen LogP contribution in [0.4, 0.5) is 4.79 Å². The molecule has 1 aliphatic rings. The molecule has 0 aliphatic carbocycles. The number of nitrogens with zero attached hydrogens (tertiary/aromatic N) is 1. The van der Waals surface area contributed by atoms with Gasteiger partial charge >= 0.3 is 6.03 Å². The van der Waals surface area contributed by atoms with Crippen molar-refractivity contribution >= 4 is 42.1 Å².